The van der Waals surface area contributed by atoms with Crippen molar-refractivity contribution in [3.05, 3.63) is 29.3 Å². The number of nitrogens with one attached hydrogen (secondary N) is 1. The molecule has 18 heavy (non-hydrogen) atoms. The molecule has 3 nitrogen and oxygen atoms in total. The van der Waals surface area contributed by atoms with Gasteiger partial charge in [-0.05, 0) is 62.1 Å². The smallest absolute Gasteiger partial charge is 0.251 e. The van der Waals surface area contributed by atoms with Crippen LogP contribution in [0, 0.1) is 18.8 Å². The van der Waals surface area contributed by atoms with Crippen molar-refractivity contribution in [2.75, 3.05) is 5.73 Å². The number of hydrogen-bond acceptors (Lipinski definition) is 2. The van der Waals surface area contributed by atoms with Crippen LogP contribution >= 0.6 is 0 Å². The summed E-state index contributed by atoms with van der Waals surface area (Å²) in [7, 11) is 0. The van der Waals surface area contributed by atoms with Crippen molar-refractivity contribution in [1.29, 1.82) is 0 Å². The fourth-order valence-electron chi connectivity index (χ4n) is 2.64. The SMILES string of the molecule is Cc1ccc(N)cc1C(=O)NC(C1CC1)C1CC1. The summed E-state index contributed by atoms with van der Waals surface area (Å²) in [4.78, 5) is 12.3. The molecule has 96 valence electrons. The van der Waals surface area contributed by atoms with E-state index < -0.39 is 0 Å². The molecule has 2 fully saturated rings. The van der Waals surface area contributed by atoms with Gasteiger partial charge in [-0.25, -0.2) is 0 Å². The van der Waals surface area contributed by atoms with E-state index in [4.69, 9.17) is 5.73 Å². The van der Waals surface area contributed by atoms with Gasteiger partial charge in [0.2, 0.25) is 0 Å². The summed E-state index contributed by atoms with van der Waals surface area (Å²) in [5.74, 6) is 1.49. The summed E-state index contributed by atoms with van der Waals surface area (Å²) in [6, 6.07) is 5.93. The Bertz CT molecular complexity index is 463. The van der Waals surface area contributed by atoms with Crippen molar-refractivity contribution in [2.45, 2.75) is 38.6 Å². The number of hydrogen-bond donors (Lipinski definition) is 2. The molecule has 1 aromatic rings. The van der Waals surface area contributed by atoms with Crippen molar-refractivity contribution in [1.82, 2.24) is 5.32 Å². The molecule has 0 radical (unpaired) electrons. The topological polar surface area (TPSA) is 55.1 Å². The number of rotatable bonds is 4. The number of nitrogen functional groups attached to an aromatic ring is 1. The Morgan fingerprint density at radius 3 is 2.44 bits per heavy atom. The summed E-state index contributed by atoms with van der Waals surface area (Å²) in [5.41, 5.74) is 8.13. The van der Waals surface area contributed by atoms with Crippen molar-refractivity contribution >= 4 is 11.6 Å². The van der Waals surface area contributed by atoms with Crippen molar-refractivity contribution in [3.63, 3.8) is 0 Å². The highest BCUT2D eigenvalue weighted by Crippen LogP contribution is 2.44. The Labute approximate surface area is 108 Å². The van der Waals surface area contributed by atoms with Crippen LogP contribution in [0.5, 0.6) is 0 Å². The fraction of sp³-hybridized carbons (Fsp3) is 0.533. The van der Waals surface area contributed by atoms with Gasteiger partial charge >= 0.3 is 0 Å². The molecule has 0 unspecified atom stereocenters. The molecule has 3 N–H and O–H groups in total. The molecule has 0 saturated heterocycles. The fourth-order valence-corrected chi connectivity index (χ4v) is 2.64. The maximum absolute atomic E-state index is 12.3. The number of carbonyl (C=O) groups excluding carboxylic acids is 1. The number of anilines is 1. The lowest BCUT2D eigenvalue weighted by atomic mass is 10.0. The van der Waals surface area contributed by atoms with Crippen LogP contribution in [0.15, 0.2) is 18.2 Å². The van der Waals surface area contributed by atoms with E-state index in [2.05, 4.69) is 5.32 Å². The zero-order chi connectivity index (χ0) is 12.7. The molecule has 2 saturated carbocycles. The molecule has 2 aliphatic rings. The molecule has 3 rings (SSSR count). The molecular formula is C15H20N2O. The predicted molar refractivity (Wildman–Crippen MR) is 72.3 cm³/mol. The molecule has 0 aromatic heterocycles. The summed E-state index contributed by atoms with van der Waals surface area (Å²) in [5, 5.41) is 3.23. The molecule has 1 amide bonds. The van der Waals surface area contributed by atoms with Gasteiger partial charge in [-0.3, -0.25) is 4.79 Å². The van der Waals surface area contributed by atoms with Crippen LogP contribution in [0.2, 0.25) is 0 Å². The van der Waals surface area contributed by atoms with E-state index in [0.29, 0.717) is 11.7 Å². The number of carbonyl (C=O) groups is 1. The predicted octanol–water partition coefficient (Wildman–Crippen LogP) is 2.50. The average Bonchev–Trinajstić information content (AvgIpc) is 3.21. The van der Waals surface area contributed by atoms with E-state index in [1.54, 1.807) is 6.07 Å². The van der Waals surface area contributed by atoms with Crippen LogP contribution in [0.25, 0.3) is 0 Å². The molecule has 0 aliphatic heterocycles. The Hall–Kier alpha value is -1.51. The Kier molecular flexibility index (Phi) is 2.77. The number of aryl methyl sites for hydroxylation is 1. The van der Waals surface area contributed by atoms with Crippen LogP contribution in [0.3, 0.4) is 0 Å². The number of amides is 1. The Morgan fingerprint density at radius 2 is 1.89 bits per heavy atom. The first-order valence-electron chi connectivity index (χ1n) is 6.82. The van der Waals surface area contributed by atoms with E-state index in [1.807, 2.05) is 19.1 Å². The van der Waals surface area contributed by atoms with Gasteiger partial charge in [0.25, 0.3) is 5.91 Å². The lowest BCUT2D eigenvalue weighted by Crippen LogP contribution is -2.38. The lowest BCUT2D eigenvalue weighted by molar-refractivity contribution is 0.0925. The van der Waals surface area contributed by atoms with E-state index >= 15 is 0 Å². The summed E-state index contributed by atoms with van der Waals surface area (Å²) in [6.07, 6.45) is 5.10. The van der Waals surface area contributed by atoms with Gasteiger partial charge in [0, 0.05) is 17.3 Å². The maximum atomic E-state index is 12.3. The van der Waals surface area contributed by atoms with Crippen molar-refractivity contribution in [3.8, 4) is 0 Å². The summed E-state index contributed by atoms with van der Waals surface area (Å²) >= 11 is 0. The van der Waals surface area contributed by atoms with Crippen LogP contribution in [-0.4, -0.2) is 11.9 Å². The van der Waals surface area contributed by atoms with Gasteiger partial charge in [0.1, 0.15) is 0 Å². The van der Waals surface area contributed by atoms with Crippen molar-refractivity contribution in [2.24, 2.45) is 11.8 Å². The molecular weight excluding hydrogens is 224 g/mol. The zero-order valence-corrected chi connectivity index (χ0v) is 10.8. The van der Waals surface area contributed by atoms with Gasteiger partial charge < -0.3 is 11.1 Å². The van der Waals surface area contributed by atoms with Crippen LogP contribution in [0.1, 0.15) is 41.6 Å². The molecule has 3 heteroatoms. The normalized spacial score (nSPS) is 19.0. The first-order chi connectivity index (χ1) is 8.65. The highest BCUT2D eigenvalue weighted by Gasteiger charge is 2.42. The number of nitrogens with two attached hydrogens (primary N) is 1. The van der Waals surface area contributed by atoms with Crippen LogP contribution in [-0.2, 0) is 0 Å². The standard InChI is InChI=1S/C15H20N2O/c1-9-2-7-12(16)8-13(9)15(18)17-14(10-3-4-10)11-5-6-11/h2,7-8,10-11,14H,3-6,16H2,1H3,(H,17,18). The minimum Gasteiger partial charge on any atom is -0.399 e. The largest absolute Gasteiger partial charge is 0.399 e. The second kappa shape index (κ2) is 4.30. The second-order valence-electron chi connectivity index (χ2n) is 5.75. The molecule has 0 bridgehead atoms. The van der Waals surface area contributed by atoms with Crippen molar-refractivity contribution < 1.29 is 4.79 Å². The molecule has 0 heterocycles. The van der Waals surface area contributed by atoms with E-state index in [9.17, 15) is 4.79 Å². The molecule has 2 aliphatic carbocycles. The molecule has 1 aromatic carbocycles. The summed E-state index contributed by atoms with van der Waals surface area (Å²) < 4.78 is 0. The monoisotopic (exact) mass is 244 g/mol. The van der Waals surface area contributed by atoms with Crippen LogP contribution < -0.4 is 11.1 Å². The quantitative estimate of drug-likeness (QED) is 0.799. The Balaban J connectivity index is 1.75. The minimum atomic E-state index is 0.0450. The number of benzene rings is 1. The highest BCUT2D eigenvalue weighted by molar-refractivity contribution is 5.96. The van der Waals surface area contributed by atoms with Crippen LogP contribution in [0.4, 0.5) is 5.69 Å². The van der Waals surface area contributed by atoms with Gasteiger partial charge in [-0.15, -0.1) is 0 Å². The highest BCUT2D eigenvalue weighted by atomic mass is 16.1. The Morgan fingerprint density at radius 1 is 1.28 bits per heavy atom. The van der Waals surface area contributed by atoms with Gasteiger partial charge in [0.15, 0.2) is 0 Å². The van der Waals surface area contributed by atoms with Gasteiger partial charge in [0.05, 0.1) is 0 Å². The third-order valence-corrected chi connectivity index (χ3v) is 4.06. The maximum Gasteiger partial charge on any atom is 0.251 e. The first-order valence-corrected chi connectivity index (χ1v) is 6.82. The summed E-state index contributed by atoms with van der Waals surface area (Å²) in [6.45, 7) is 1.96. The van der Waals surface area contributed by atoms with E-state index in [0.717, 1.165) is 23.0 Å². The van der Waals surface area contributed by atoms with E-state index in [1.165, 1.54) is 25.7 Å². The zero-order valence-electron chi connectivity index (χ0n) is 10.8. The lowest BCUT2D eigenvalue weighted by Gasteiger charge is -2.18. The molecule has 0 spiro atoms. The van der Waals surface area contributed by atoms with Gasteiger partial charge in [-0.2, -0.15) is 0 Å². The third-order valence-electron chi connectivity index (χ3n) is 4.06. The van der Waals surface area contributed by atoms with E-state index in [-0.39, 0.29) is 5.91 Å². The van der Waals surface area contributed by atoms with Gasteiger partial charge in [-0.1, -0.05) is 6.07 Å². The second-order valence-corrected chi connectivity index (χ2v) is 5.75. The minimum absolute atomic E-state index is 0.0450. The average molecular weight is 244 g/mol. The molecule has 0 atom stereocenters. The third kappa shape index (κ3) is 2.35. The first kappa shape index (κ1) is 11.6.